The number of nitrogens with one attached hydrogen (secondary N) is 1. The predicted molar refractivity (Wildman–Crippen MR) is 81.4 cm³/mol. The lowest BCUT2D eigenvalue weighted by Gasteiger charge is -2.12. The molecule has 0 aliphatic heterocycles. The molecule has 7 nitrogen and oxygen atoms in total. The number of aromatic nitrogens is 3. The molecule has 0 radical (unpaired) electrons. The van der Waals surface area contributed by atoms with Crippen LogP contribution in [0, 0.1) is 32.1 Å². The number of aryl methyl sites for hydroxylation is 3. The number of anilines is 1. The minimum atomic E-state index is -0.446. The van der Waals surface area contributed by atoms with Gasteiger partial charge in [-0.05, 0) is 27.7 Å². The Labute approximate surface area is 132 Å². The molecule has 114 valence electrons. The third-order valence-corrected chi connectivity index (χ3v) is 3.90. The standard InChI is InChI=1S/C14H15N5O2S/c1-7-5-12(19-21-7)18-13(20)9(3)22-14-11(6-15)8(2)16-10(4)17-14/h5,9H,1-4H3,(H,18,19,20)/t9-/m0/s1. The molecule has 2 rings (SSSR count). The molecule has 0 saturated heterocycles. The van der Waals surface area contributed by atoms with Crippen LogP contribution in [0.5, 0.6) is 0 Å². The first-order chi connectivity index (χ1) is 10.4. The Hall–Kier alpha value is -2.40. The van der Waals surface area contributed by atoms with Gasteiger partial charge in [0.05, 0.1) is 10.9 Å². The van der Waals surface area contributed by atoms with Crippen LogP contribution in [0.4, 0.5) is 5.82 Å². The van der Waals surface area contributed by atoms with E-state index >= 15 is 0 Å². The van der Waals surface area contributed by atoms with Gasteiger partial charge in [-0.25, -0.2) is 9.97 Å². The number of thioether (sulfide) groups is 1. The summed E-state index contributed by atoms with van der Waals surface area (Å²) in [6.45, 7) is 6.98. The van der Waals surface area contributed by atoms with Crippen LogP contribution in [-0.2, 0) is 4.79 Å². The molecule has 1 atom stereocenters. The van der Waals surface area contributed by atoms with Crippen LogP contribution >= 0.6 is 11.8 Å². The number of hydrogen-bond acceptors (Lipinski definition) is 7. The summed E-state index contributed by atoms with van der Waals surface area (Å²) in [4.78, 5) is 20.6. The topological polar surface area (TPSA) is 105 Å². The molecule has 8 heteroatoms. The third kappa shape index (κ3) is 3.62. The number of amides is 1. The van der Waals surface area contributed by atoms with Crippen molar-refractivity contribution >= 4 is 23.5 Å². The van der Waals surface area contributed by atoms with Gasteiger partial charge in [0.2, 0.25) is 5.91 Å². The second-order valence-electron chi connectivity index (χ2n) is 4.72. The average molecular weight is 317 g/mol. The summed E-state index contributed by atoms with van der Waals surface area (Å²) >= 11 is 1.21. The van der Waals surface area contributed by atoms with Gasteiger partial charge in [-0.2, -0.15) is 5.26 Å². The van der Waals surface area contributed by atoms with Gasteiger partial charge in [0.25, 0.3) is 0 Å². The Bertz CT molecular complexity index is 750. The number of hydrogen-bond donors (Lipinski definition) is 1. The highest BCUT2D eigenvalue weighted by Gasteiger charge is 2.20. The van der Waals surface area contributed by atoms with Crippen molar-refractivity contribution in [2.24, 2.45) is 0 Å². The van der Waals surface area contributed by atoms with E-state index in [-0.39, 0.29) is 5.91 Å². The first-order valence-electron chi connectivity index (χ1n) is 6.57. The zero-order valence-corrected chi connectivity index (χ0v) is 13.5. The second-order valence-corrected chi connectivity index (χ2v) is 6.05. The van der Waals surface area contributed by atoms with E-state index in [2.05, 4.69) is 26.5 Å². The zero-order valence-electron chi connectivity index (χ0n) is 12.7. The molecule has 1 N–H and O–H groups in total. The normalized spacial score (nSPS) is 11.8. The van der Waals surface area contributed by atoms with Gasteiger partial charge in [-0.1, -0.05) is 16.9 Å². The number of nitriles is 1. The Morgan fingerprint density at radius 1 is 1.41 bits per heavy atom. The summed E-state index contributed by atoms with van der Waals surface area (Å²) in [6.07, 6.45) is 0. The van der Waals surface area contributed by atoms with Crippen molar-refractivity contribution in [1.82, 2.24) is 15.1 Å². The Morgan fingerprint density at radius 3 is 2.73 bits per heavy atom. The van der Waals surface area contributed by atoms with E-state index < -0.39 is 5.25 Å². The van der Waals surface area contributed by atoms with Crippen molar-refractivity contribution in [1.29, 1.82) is 5.26 Å². The fraction of sp³-hybridized carbons (Fsp3) is 0.357. The predicted octanol–water partition coefficient (Wildman–Crippen LogP) is 2.38. The van der Waals surface area contributed by atoms with Gasteiger partial charge < -0.3 is 9.84 Å². The molecule has 0 aliphatic carbocycles. The highest BCUT2D eigenvalue weighted by atomic mass is 32.2. The van der Waals surface area contributed by atoms with E-state index in [1.165, 1.54) is 11.8 Å². The van der Waals surface area contributed by atoms with Crippen molar-refractivity contribution < 1.29 is 9.32 Å². The smallest absolute Gasteiger partial charge is 0.238 e. The lowest BCUT2D eigenvalue weighted by molar-refractivity contribution is -0.115. The largest absolute Gasteiger partial charge is 0.360 e. The summed E-state index contributed by atoms with van der Waals surface area (Å²) in [6, 6.07) is 3.72. The Balaban J connectivity index is 2.13. The van der Waals surface area contributed by atoms with Gasteiger partial charge in [0.1, 0.15) is 28.2 Å². The highest BCUT2D eigenvalue weighted by molar-refractivity contribution is 8.00. The maximum atomic E-state index is 12.2. The second kappa shape index (κ2) is 6.58. The molecule has 2 aromatic heterocycles. The van der Waals surface area contributed by atoms with E-state index in [1.54, 1.807) is 33.8 Å². The molecule has 0 spiro atoms. The van der Waals surface area contributed by atoms with E-state index in [0.717, 1.165) is 0 Å². The number of carbonyl (C=O) groups is 1. The van der Waals surface area contributed by atoms with Crippen LogP contribution in [0.3, 0.4) is 0 Å². The van der Waals surface area contributed by atoms with Crippen molar-refractivity contribution in [3.63, 3.8) is 0 Å². The van der Waals surface area contributed by atoms with E-state index in [9.17, 15) is 10.1 Å². The first kappa shape index (κ1) is 16.0. The third-order valence-electron chi connectivity index (χ3n) is 2.82. The zero-order chi connectivity index (χ0) is 16.3. The lowest BCUT2D eigenvalue weighted by Crippen LogP contribution is -2.23. The van der Waals surface area contributed by atoms with Crippen molar-refractivity contribution in [3.8, 4) is 6.07 Å². The van der Waals surface area contributed by atoms with Crippen LogP contribution in [0.2, 0.25) is 0 Å². The van der Waals surface area contributed by atoms with Crippen molar-refractivity contribution in [2.45, 2.75) is 38.0 Å². The molecule has 0 unspecified atom stereocenters. The summed E-state index contributed by atoms with van der Waals surface area (Å²) in [5.41, 5.74) is 1.00. The molecule has 0 bridgehead atoms. The maximum Gasteiger partial charge on any atom is 0.238 e. The van der Waals surface area contributed by atoms with Gasteiger partial charge in [-0.3, -0.25) is 4.79 Å². The van der Waals surface area contributed by atoms with Crippen LogP contribution in [0.1, 0.15) is 29.8 Å². The number of carbonyl (C=O) groups excluding carboxylic acids is 1. The summed E-state index contributed by atoms with van der Waals surface area (Å²) < 4.78 is 4.90. The average Bonchev–Trinajstić information content (AvgIpc) is 2.83. The minimum absolute atomic E-state index is 0.240. The summed E-state index contributed by atoms with van der Waals surface area (Å²) in [7, 11) is 0. The molecular weight excluding hydrogens is 302 g/mol. The summed E-state index contributed by atoms with van der Waals surface area (Å²) in [5, 5.41) is 15.6. The quantitative estimate of drug-likeness (QED) is 0.681. The van der Waals surface area contributed by atoms with Crippen molar-refractivity contribution in [2.75, 3.05) is 5.32 Å². The molecular formula is C14H15N5O2S. The van der Waals surface area contributed by atoms with Gasteiger partial charge in [0, 0.05) is 6.07 Å². The van der Waals surface area contributed by atoms with E-state index in [0.29, 0.717) is 33.7 Å². The Kier molecular flexibility index (Phi) is 4.78. The lowest BCUT2D eigenvalue weighted by atomic mass is 10.3. The van der Waals surface area contributed by atoms with Gasteiger partial charge in [-0.15, -0.1) is 0 Å². The molecule has 2 heterocycles. The SMILES string of the molecule is Cc1nc(C)c(C#N)c(S[C@@H](C)C(=O)Nc2cc(C)on2)n1. The van der Waals surface area contributed by atoms with Crippen LogP contribution < -0.4 is 5.32 Å². The Morgan fingerprint density at radius 2 is 2.14 bits per heavy atom. The summed E-state index contributed by atoms with van der Waals surface area (Å²) in [5.74, 6) is 1.31. The fourth-order valence-corrected chi connectivity index (χ4v) is 2.77. The first-order valence-corrected chi connectivity index (χ1v) is 7.45. The molecule has 0 fully saturated rings. The van der Waals surface area contributed by atoms with E-state index in [1.807, 2.05) is 0 Å². The van der Waals surface area contributed by atoms with Crippen LogP contribution in [0.15, 0.2) is 15.6 Å². The molecule has 1 amide bonds. The highest BCUT2D eigenvalue weighted by Crippen LogP contribution is 2.26. The maximum absolute atomic E-state index is 12.2. The van der Waals surface area contributed by atoms with Gasteiger partial charge >= 0.3 is 0 Å². The van der Waals surface area contributed by atoms with E-state index in [4.69, 9.17) is 4.52 Å². The van der Waals surface area contributed by atoms with Crippen LogP contribution in [0.25, 0.3) is 0 Å². The fourth-order valence-electron chi connectivity index (χ4n) is 1.77. The van der Waals surface area contributed by atoms with Crippen molar-refractivity contribution in [3.05, 3.63) is 28.9 Å². The van der Waals surface area contributed by atoms with Gasteiger partial charge in [0.15, 0.2) is 5.82 Å². The number of rotatable bonds is 4. The monoisotopic (exact) mass is 317 g/mol. The minimum Gasteiger partial charge on any atom is -0.360 e. The molecule has 22 heavy (non-hydrogen) atoms. The molecule has 0 saturated carbocycles. The molecule has 0 aliphatic rings. The molecule has 2 aromatic rings. The number of nitrogens with zero attached hydrogens (tertiary/aromatic N) is 4. The molecule has 0 aromatic carbocycles. The van der Waals surface area contributed by atoms with Crippen LogP contribution in [-0.4, -0.2) is 26.3 Å².